The summed E-state index contributed by atoms with van der Waals surface area (Å²) in [6, 6.07) is 2.96. The van der Waals surface area contributed by atoms with Crippen LogP contribution in [-0.2, 0) is 11.1 Å². The minimum Gasteiger partial charge on any atom is -0.493 e. The van der Waals surface area contributed by atoms with Gasteiger partial charge in [-0.1, -0.05) is 0 Å². The fraction of sp³-hybridized carbons (Fsp3) is 0.600. The lowest BCUT2D eigenvalue weighted by Crippen LogP contribution is -2.32. The normalized spacial score (nSPS) is 12.8. The molecule has 0 saturated heterocycles. The molecule has 0 amide bonds. The summed E-state index contributed by atoms with van der Waals surface area (Å²) in [5.41, 5.74) is 0.170. The van der Waals surface area contributed by atoms with Crippen LogP contribution in [0.3, 0.4) is 0 Å². The zero-order chi connectivity index (χ0) is 18.4. The second-order valence-corrected chi connectivity index (χ2v) is 6.91. The van der Waals surface area contributed by atoms with Crippen LogP contribution in [0.15, 0.2) is 12.1 Å². The van der Waals surface area contributed by atoms with Gasteiger partial charge in [-0.3, -0.25) is 10.1 Å². The van der Waals surface area contributed by atoms with Crippen molar-refractivity contribution >= 4 is 14.2 Å². The molecule has 0 aromatic heterocycles. The van der Waals surface area contributed by atoms with E-state index in [2.05, 4.69) is 0 Å². The Bertz CT molecular complexity index is 559. The number of ether oxygens (including phenoxy) is 2. The van der Waals surface area contributed by atoms with Crippen LogP contribution < -0.4 is 9.47 Å². The summed E-state index contributed by atoms with van der Waals surface area (Å²) in [5.74, 6) is 0.638. The molecule has 0 fully saturated rings. The third kappa shape index (κ3) is 5.01. The van der Waals surface area contributed by atoms with Crippen molar-refractivity contribution in [3.63, 3.8) is 0 Å². The topological polar surface area (TPSA) is 94.3 Å². The van der Waals surface area contributed by atoms with Gasteiger partial charge in [-0.15, -0.1) is 0 Å². The Hall–Kier alpha value is -1.47. The van der Waals surface area contributed by atoms with Crippen LogP contribution in [0.25, 0.3) is 0 Å². The summed E-state index contributed by atoms with van der Waals surface area (Å²) in [7, 11) is 0.997. The maximum absolute atomic E-state index is 11.3. The van der Waals surface area contributed by atoms with Crippen LogP contribution in [0, 0.1) is 10.1 Å². The molecular weight excluding hydrogens is 335 g/mol. The van der Waals surface area contributed by atoms with Gasteiger partial charge in [0.15, 0.2) is 11.5 Å². The summed E-state index contributed by atoms with van der Waals surface area (Å²) >= 11 is 0. The zero-order valence-corrected chi connectivity index (χ0v) is 15.7. The lowest BCUT2D eigenvalue weighted by molar-refractivity contribution is -0.385. The molecule has 0 bridgehead atoms. The van der Waals surface area contributed by atoms with Gasteiger partial charge in [-0.2, -0.15) is 0 Å². The highest BCUT2D eigenvalue weighted by molar-refractivity contribution is 7.43. The van der Waals surface area contributed by atoms with E-state index in [0.29, 0.717) is 11.3 Å². The highest BCUT2D eigenvalue weighted by atomic mass is 31.2. The average molecular weight is 360 g/mol. The van der Waals surface area contributed by atoms with E-state index in [0.717, 1.165) is 0 Å². The smallest absolute Gasteiger partial charge is 0.278 e. The van der Waals surface area contributed by atoms with E-state index in [9.17, 15) is 15.0 Å². The van der Waals surface area contributed by atoms with Crippen molar-refractivity contribution in [2.24, 2.45) is 0 Å². The molecule has 1 aromatic rings. The zero-order valence-electron chi connectivity index (χ0n) is 14.8. The molecule has 0 saturated carbocycles. The predicted octanol–water partition coefficient (Wildman–Crippen LogP) is 3.47. The summed E-state index contributed by atoms with van der Waals surface area (Å²) in [4.78, 5) is 21.1. The predicted molar refractivity (Wildman–Crippen MR) is 92.2 cm³/mol. The van der Waals surface area contributed by atoms with Gasteiger partial charge in [0.05, 0.1) is 37.4 Å². The Morgan fingerprint density at radius 3 is 2.08 bits per heavy atom. The maximum Gasteiger partial charge on any atom is 0.278 e. The molecule has 0 aliphatic carbocycles. The van der Waals surface area contributed by atoms with Crippen molar-refractivity contribution in [1.82, 2.24) is 4.67 Å². The maximum atomic E-state index is 11.3. The summed E-state index contributed by atoms with van der Waals surface area (Å²) in [6.45, 7) is 7.71. The molecule has 1 N–H and O–H groups in total. The van der Waals surface area contributed by atoms with Crippen LogP contribution in [0.5, 0.6) is 11.5 Å². The molecule has 0 spiro atoms. The van der Waals surface area contributed by atoms with Gasteiger partial charge in [-0.25, -0.2) is 4.67 Å². The number of nitrogens with zero attached hydrogens (tertiary/aromatic N) is 2. The number of hydrogen-bond acceptors (Lipinski definition) is 7. The van der Waals surface area contributed by atoms with E-state index in [-0.39, 0.29) is 30.1 Å². The van der Waals surface area contributed by atoms with Crippen molar-refractivity contribution in [1.29, 1.82) is 0 Å². The van der Waals surface area contributed by atoms with Gasteiger partial charge < -0.3 is 18.9 Å². The molecule has 1 rings (SSSR count). The molecule has 0 aliphatic heterocycles. The Morgan fingerprint density at radius 1 is 1.17 bits per heavy atom. The molecule has 0 heterocycles. The molecule has 24 heavy (non-hydrogen) atoms. The summed E-state index contributed by atoms with van der Waals surface area (Å²) in [6.07, 6.45) is 0. The van der Waals surface area contributed by atoms with Gasteiger partial charge in [0.1, 0.15) is 0 Å². The Labute approximate surface area is 143 Å². The van der Waals surface area contributed by atoms with Crippen LogP contribution in [-0.4, -0.2) is 40.8 Å². The van der Waals surface area contributed by atoms with Crippen molar-refractivity contribution < 1.29 is 23.8 Å². The van der Waals surface area contributed by atoms with Crippen LogP contribution in [0.2, 0.25) is 0 Å². The van der Waals surface area contributed by atoms with Crippen molar-refractivity contribution in [3.05, 3.63) is 27.8 Å². The molecule has 9 heteroatoms. The number of hydrogen-bond donors (Lipinski definition) is 1. The first-order chi connectivity index (χ1) is 11.2. The van der Waals surface area contributed by atoms with E-state index < -0.39 is 13.4 Å². The Morgan fingerprint density at radius 2 is 1.67 bits per heavy atom. The highest BCUT2D eigenvalue weighted by Gasteiger charge is 2.26. The largest absolute Gasteiger partial charge is 0.493 e. The van der Waals surface area contributed by atoms with E-state index in [1.807, 2.05) is 32.4 Å². The molecule has 136 valence electrons. The minimum absolute atomic E-state index is 0.0847. The Balaban J connectivity index is 3.03. The van der Waals surface area contributed by atoms with Gasteiger partial charge in [-0.05, 0) is 33.8 Å². The van der Waals surface area contributed by atoms with E-state index in [1.54, 1.807) is 0 Å². The SMILES string of the molecule is COc1cc(COP(O)N(C(C)C)C(C)C)c([N+](=O)[O-])cc1OC. The number of rotatable bonds is 9. The molecule has 0 radical (unpaired) electrons. The van der Waals surface area contributed by atoms with Crippen LogP contribution in [0.1, 0.15) is 33.3 Å². The third-order valence-corrected chi connectivity index (χ3v) is 5.05. The first-order valence-electron chi connectivity index (χ1n) is 7.52. The molecule has 1 atom stereocenters. The number of nitro groups is 1. The molecule has 1 unspecified atom stereocenters. The lowest BCUT2D eigenvalue weighted by atomic mass is 10.1. The van der Waals surface area contributed by atoms with Crippen molar-refractivity contribution in [2.75, 3.05) is 14.2 Å². The minimum atomic E-state index is -1.86. The quantitative estimate of drug-likeness (QED) is 0.409. The number of methoxy groups -OCH3 is 2. The van der Waals surface area contributed by atoms with Crippen LogP contribution in [0.4, 0.5) is 5.69 Å². The van der Waals surface area contributed by atoms with Crippen molar-refractivity contribution in [2.45, 2.75) is 46.4 Å². The van der Waals surface area contributed by atoms with Gasteiger partial charge in [0.25, 0.3) is 14.2 Å². The molecule has 8 nitrogen and oxygen atoms in total. The first-order valence-corrected chi connectivity index (χ1v) is 8.68. The van der Waals surface area contributed by atoms with Gasteiger partial charge in [0.2, 0.25) is 0 Å². The van der Waals surface area contributed by atoms with E-state index in [4.69, 9.17) is 14.0 Å². The third-order valence-electron chi connectivity index (χ3n) is 3.37. The second-order valence-electron chi connectivity index (χ2n) is 5.69. The summed E-state index contributed by atoms with van der Waals surface area (Å²) < 4.78 is 17.6. The van der Waals surface area contributed by atoms with Crippen molar-refractivity contribution in [3.8, 4) is 11.5 Å². The summed E-state index contributed by atoms with van der Waals surface area (Å²) in [5, 5.41) is 11.3. The fourth-order valence-corrected chi connectivity index (χ4v) is 3.56. The lowest BCUT2D eigenvalue weighted by Gasteiger charge is -2.32. The number of benzene rings is 1. The molecular formula is C15H25N2O6P. The highest BCUT2D eigenvalue weighted by Crippen LogP contribution is 2.43. The molecule has 1 aromatic carbocycles. The van der Waals surface area contributed by atoms with E-state index >= 15 is 0 Å². The second kappa shape index (κ2) is 9.13. The van der Waals surface area contributed by atoms with Crippen LogP contribution >= 0.6 is 8.53 Å². The Kier molecular flexibility index (Phi) is 7.83. The standard InChI is InChI=1S/C15H25N2O6P/c1-10(2)16(11(3)4)24(20)23-9-12-7-14(21-5)15(22-6)8-13(12)17(18)19/h7-8,10-11,20H,9H2,1-6H3. The molecule has 0 aliphatic rings. The first kappa shape index (κ1) is 20.6. The monoisotopic (exact) mass is 360 g/mol. The van der Waals surface area contributed by atoms with Gasteiger partial charge in [0, 0.05) is 12.1 Å². The van der Waals surface area contributed by atoms with Gasteiger partial charge >= 0.3 is 0 Å². The fourth-order valence-electron chi connectivity index (χ4n) is 2.38. The van der Waals surface area contributed by atoms with E-state index in [1.165, 1.54) is 26.4 Å². The number of nitro benzene ring substituents is 1. The average Bonchev–Trinajstić information content (AvgIpc) is 2.50.